The summed E-state index contributed by atoms with van der Waals surface area (Å²) in [6, 6.07) is 15.6. The summed E-state index contributed by atoms with van der Waals surface area (Å²) in [7, 11) is 0. The third-order valence-corrected chi connectivity index (χ3v) is 6.02. The van der Waals surface area contributed by atoms with Crippen LogP contribution in [0.2, 0.25) is 0 Å². The molecule has 1 N–H and O–H groups in total. The molecule has 31 heavy (non-hydrogen) atoms. The molecule has 160 valence electrons. The van der Waals surface area contributed by atoms with Crippen LogP contribution in [0, 0.1) is 5.82 Å². The van der Waals surface area contributed by atoms with Crippen molar-refractivity contribution in [3.05, 3.63) is 83.0 Å². The number of anilines is 1. The second-order valence-electron chi connectivity index (χ2n) is 6.99. The van der Waals surface area contributed by atoms with Gasteiger partial charge in [-0.2, -0.15) is 0 Å². The molecule has 0 unspecified atom stereocenters. The number of nitrogens with one attached hydrogen (secondary N) is 1. The first-order chi connectivity index (χ1) is 15.0. The molecule has 2 aromatic carbocycles. The van der Waals surface area contributed by atoms with Gasteiger partial charge >= 0.3 is 0 Å². The van der Waals surface area contributed by atoms with E-state index >= 15 is 0 Å². The highest BCUT2D eigenvalue weighted by atomic mass is 32.2. The molecule has 7 heteroatoms. The van der Waals surface area contributed by atoms with Gasteiger partial charge in [0.2, 0.25) is 5.91 Å². The van der Waals surface area contributed by atoms with Gasteiger partial charge < -0.3 is 5.32 Å². The highest BCUT2D eigenvalue weighted by Gasteiger charge is 2.30. The first-order valence-electron chi connectivity index (χ1n) is 10.1. The standard InChI is InChI=1S/C24H23FN2O2S2/c25-19-13-15-20(16-14-19)26-22(28)12-5-2-6-17-27-23(29)21(31-24(27)30)11-7-10-18-8-3-1-4-9-18/h1,3-4,7-11,13-16H,2,5-6,12,17H2,(H,26,28)/b10-7+,21-11-. The van der Waals surface area contributed by atoms with Crippen LogP contribution in [-0.2, 0) is 9.59 Å². The lowest BCUT2D eigenvalue weighted by Crippen LogP contribution is -2.29. The summed E-state index contributed by atoms with van der Waals surface area (Å²) in [6.45, 7) is 0.546. The van der Waals surface area contributed by atoms with Crippen LogP contribution in [0.4, 0.5) is 10.1 Å². The van der Waals surface area contributed by atoms with Crippen LogP contribution in [0.5, 0.6) is 0 Å². The Morgan fingerprint density at radius 3 is 2.55 bits per heavy atom. The number of carbonyl (C=O) groups is 2. The van der Waals surface area contributed by atoms with Crippen molar-refractivity contribution in [2.24, 2.45) is 0 Å². The van der Waals surface area contributed by atoms with Gasteiger partial charge in [-0.15, -0.1) is 0 Å². The molecular weight excluding hydrogens is 431 g/mol. The van der Waals surface area contributed by atoms with Crippen molar-refractivity contribution >= 4 is 51.9 Å². The van der Waals surface area contributed by atoms with E-state index in [9.17, 15) is 14.0 Å². The number of amides is 2. The molecule has 2 amide bonds. The molecule has 0 saturated carbocycles. The Kier molecular flexibility index (Phi) is 8.55. The highest BCUT2D eigenvalue weighted by Crippen LogP contribution is 2.31. The number of rotatable bonds is 9. The molecule has 1 saturated heterocycles. The zero-order chi connectivity index (χ0) is 22.1. The number of hydrogen-bond acceptors (Lipinski definition) is 4. The number of carbonyl (C=O) groups excluding carboxylic acids is 2. The second-order valence-corrected chi connectivity index (χ2v) is 8.67. The van der Waals surface area contributed by atoms with Gasteiger partial charge in [0, 0.05) is 18.7 Å². The lowest BCUT2D eigenvalue weighted by molar-refractivity contribution is -0.122. The third kappa shape index (κ3) is 7.15. The fourth-order valence-corrected chi connectivity index (χ4v) is 4.27. The van der Waals surface area contributed by atoms with Crippen molar-refractivity contribution < 1.29 is 14.0 Å². The summed E-state index contributed by atoms with van der Waals surface area (Å²) >= 11 is 6.67. The number of benzene rings is 2. The van der Waals surface area contributed by atoms with Crippen LogP contribution in [0.1, 0.15) is 31.2 Å². The Balaban J connectivity index is 1.38. The fraction of sp³-hybridized carbons (Fsp3) is 0.208. The average molecular weight is 455 g/mol. The summed E-state index contributed by atoms with van der Waals surface area (Å²) < 4.78 is 13.5. The topological polar surface area (TPSA) is 49.4 Å². The second kappa shape index (κ2) is 11.6. The predicted octanol–water partition coefficient (Wildman–Crippen LogP) is 5.78. The maximum absolute atomic E-state index is 12.9. The van der Waals surface area contributed by atoms with E-state index < -0.39 is 0 Å². The van der Waals surface area contributed by atoms with Gasteiger partial charge in [0.25, 0.3) is 5.91 Å². The Labute approximate surface area is 191 Å². The van der Waals surface area contributed by atoms with Crippen LogP contribution in [-0.4, -0.2) is 27.6 Å². The molecule has 4 nitrogen and oxygen atoms in total. The molecule has 1 fully saturated rings. The van der Waals surface area contributed by atoms with E-state index in [1.54, 1.807) is 11.0 Å². The average Bonchev–Trinajstić information content (AvgIpc) is 3.03. The molecule has 1 aliphatic rings. The summed E-state index contributed by atoms with van der Waals surface area (Å²) in [4.78, 5) is 26.8. The summed E-state index contributed by atoms with van der Waals surface area (Å²) in [6.07, 6.45) is 8.26. The van der Waals surface area contributed by atoms with Crippen LogP contribution in [0.15, 0.2) is 71.7 Å². The zero-order valence-corrected chi connectivity index (χ0v) is 18.6. The minimum Gasteiger partial charge on any atom is -0.326 e. The van der Waals surface area contributed by atoms with E-state index in [1.807, 2.05) is 42.5 Å². The Morgan fingerprint density at radius 1 is 1.06 bits per heavy atom. The van der Waals surface area contributed by atoms with E-state index in [4.69, 9.17) is 12.2 Å². The monoisotopic (exact) mass is 454 g/mol. The third-order valence-electron chi connectivity index (χ3n) is 4.62. The molecule has 0 spiro atoms. The number of thioether (sulfide) groups is 1. The largest absolute Gasteiger partial charge is 0.326 e. The first kappa shape index (κ1) is 22.9. The maximum Gasteiger partial charge on any atom is 0.266 e. The van der Waals surface area contributed by atoms with Crippen molar-refractivity contribution in [2.75, 3.05) is 11.9 Å². The quantitative estimate of drug-likeness (QED) is 0.296. The van der Waals surface area contributed by atoms with Gasteiger partial charge in [-0.05, 0) is 48.7 Å². The lowest BCUT2D eigenvalue weighted by Gasteiger charge is -2.14. The van der Waals surface area contributed by atoms with Gasteiger partial charge in [0.05, 0.1) is 4.91 Å². The minimum atomic E-state index is -0.337. The molecule has 0 atom stereocenters. The lowest BCUT2D eigenvalue weighted by atomic mass is 10.1. The van der Waals surface area contributed by atoms with E-state index in [-0.39, 0.29) is 17.6 Å². The Bertz CT molecular complexity index is 988. The Morgan fingerprint density at radius 2 is 1.81 bits per heavy atom. The van der Waals surface area contributed by atoms with Crippen molar-refractivity contribution in [1.29, 1.82) is 0 Å². The van der Waals surface area contributed by atoms with Crippen LogP contribution >= 0.6 is 24.0 Å². The predicted molar refractivity (Wildman–Crippen MR) is 129 cm³/mol. The molecule has 0 bridgehead atoms. The van der Waals surface area contributed by atoms with Crippen molar-refractivity contribution in [3.63, 3.8) is 0 Å². The summed E-state index contributed by atoms with van der Waals surface area (Å²) in [5.74, 6) is -0.511. The molecule has 0 radical (unpaired) electrons. The molecule has 0 aliphatic carbocycles. The number of allylic oxidation sites excluding steroid dienone is 2. The zero-order valence-electron chi connectivity index (χ0n) is 16.9. The van der Waals surface area contributed by atoms with Gasteiger partial charge in [-0.25, -0.2) is 4.39 Å². The number of thiocarbonyl (C=S) groups is 1. The van der Waals surface area contributed by atoms with Gasteiger partial charge in [0.1, 0.15) is 10.1 Å². The van der Waals surface area contributed by atoms with Crippen LogP contribution in [0.25, 0.3) is 6.08 Å². The molecule has 3 rings (SSSR count). The minimum absolute atomic E-state index is 0.0678. The van der Waals surface area contributed by atoms with Crippen molar-refractivity contribution in [2.45, 2.75) is 25.7 Å². The van der Waals surface area contributed by atoms with Crippen molar-refractivity contribution in [1.82, 2.24) is 4.90 Å². The van der Waals surface area contributed by atoms with Gasteiger partial charge in [0.15, 0.2) is 0 Å². The number of nitrogens with zero attached hydrogens (tertiary/aromatic N) is 1. The maximum atomic E-state index is 12.9. The van der Waals surface area contributed by atoms with Crippen LogP contribution < -0.4 is 5.32 Å². The van der Waals surface area contributed by atoms with Gasteiger partial charge in [-0.1, -0.05) is 72.9 Å². The van der Waals surface area contributed by atoms with E-state index in [2.05, 4.69) is 5.32 Å². The normalized spacial score (nSPS) is 15.3. The number of halogens is 1. The smallest absolute Gasteiger partial charge is 0.266 e. The van der Waals surface area contributed by atoms with Crippen LogP contribution in [0.3, 0.4) is 0 Å². The van der Waals surface area contributed by atoms with E-state index in [0.717, 1.165) is 18.4 Å². The summed E-state index contributed by atoms with van der Waals surface area (Å²) in [5.41, 5.74) is 1.65. The SMILES string of the molecule is O=C(CCCCCN1C(=O)/C(=C/C=C/c2ccccc2)SC1=S)Nc1ccc(F)cc1. The molecule has 0 aromatic heterocycles. The number of hydrogen-bond donors (Lipinski definition) is 1. The number of unbranched alkanes of at least 4 members (excludes halogenated alkanes) is 2. The Hall–Kier alpha value is -2.77. The molecule has 1 aliphatic heterocycles. The van der Waals surface area contributed by atoms with Crippen molar-refractivity contribution in [3.8, 4) is 0 Å². The summed E-state index contributed by atoms with van der Waals surface area (Å²) in [5, 5.41) is 2.74. The van der Waals surface area contributed by atoms with Gasteiger partial charge in [-0.3, -0.25) is 14.5 Å². The fourth-order valence-electron chi connectivity index (χ4n) is 3.01. The first-order valence-corrected chi connectivity index (χ1v) is 11.3. The highest BCUT2D eigenvalue weighted by molar-refractivity contribution is 8.26. The van der Waals surface area contributed by atoms with E-state index in [0.29, 0.717) is 34.3 Å². The molecular formula is C24H23FN2O2S2. The molecule has 1 heterocycles. The van der Waals surface area contributed by atoms with E-state index in [1.165, 1.54) is 36.0 Å². The molecule has 2 aromatic rings.